The molecule has 2 saturated carbocycles. The summed E-state index contributed by atoms with van der Waals surface area (Å²) in [6.07, 6.45) is 9.36. The Morgan fingerprint density at radius 1 is 1.21 bits per heavy atom. The second-order valence-electron chi connectivity index (χ2n) is 8.64. The summed E-state index contributed by atoms with van der Waals surface area (Å²) in [6.45, 7) is 1.86. The van der Waals surface area contributed by atoms with Gasteiger partial charge in [-0.2, -0.15) is 19.6 Å². The van der Waals surface area contributed by atoms with Crippen molar-refractivity contribution in [1.82, 2.24) is 34.9 Å². The molecule has 5 rings (SSSR count). The van der Waals surface area contributed by atoms with Gasteiger partial charge in [0.2, 0.25) is 17.7 Å². The fourth-order valence-electron chi connectivity index (χ4n) is 4.04. The number of carbonyl (C=O) groups excluding carboxylic acids is 1. The number of aromatic hydroxyl groups is 1. The van der Waals surface area contributed by atoms with E-state index in [1.165, 1.54) is 0 Å². The standard InChI is InChI=1S/C21H27N9O3/c1-2-16(31)23-12-3-5-13(6-4-12)24-19-27-17-11(9-15-18(32)28-21(33)26-15)10-22-30(17)20(29-19)25-14-7-8-14/h9-10,12-14,32H,2-8H2,1H3,(H,23,31)(H,24,25,29)(H2,26,28,33). The second kappa shape index (κ2) is 8.68. The van der Waals surface area contributed by atoms with E-state index in [0.717, 1.165) is 38.5 Å². The van der Waals surface area contributed by atoms with Gasteiger partial charge in [-0.1, -0.05) is 6.92 Å². The van der Waals surface area contributed by atoms with E-state index in [1.54, 1.807) is 16.8 Å². The Morgan fingerprint density at radius 2 is 1.97 bits per heavy atom. The lowest BCUT2D eigenvalue weighted by Gasteiger charge is -2.29. The van der Waals surface area contributed by atoms with Crippen molar-refractivity contribution >= 4 is 23.6 Å². The summed E-state index contributed by atoms with van der Waals surface area (Å²) in [5.74, 6) is 0.303. The molecule has 3 aromatic heterocycles. The Hall–Kier alpha value is -3.70. The smallest absolute Gasteiger partial charge is 0.326 e. The van der Waals surface area contributed by atoms with Gasteiger partial charge in [-0.25, -0.2) is 9.79 Å². The molecule has 0 radical (unpaired) electrons. The zero-order valence-electron chi connectivity index (χ0n) is 18.3. The molecule has 2 aliphatic rings. The maximum atomic E-state index is 11.7. The molecular formula is C21H27N9O3. The topological polar surface area (TPSA) is 165 Å². The quantitative estimate of drug-likeness (QED) is 0.342. The minimum atomic E-state index is -0.498. The number of anilines is 1. The lowest BCUT2D eigenvalue weighted by molar-refractivity contribution is -0.121. The predicted molar refractivity (Wildman–Crippen MR) is 119 cm³/mol. The van der Waals surface area contributed by atoms with Gasteiger partial charge in [-0.05, 0) is 44.6 Å². The van der Waals surface area contributed by atoms with E-state index in [0.29, 0.717) is 28.9 Å². The van der Waals surface area contributed by atoms with Gasteiger partial charge >= 0.3 is 5.69 Å². The van der Waals surface area contributed by atoms with Crippen molar-refractivity contribution in [3.05, 3.63) is 33.2 Å². The Bertz CT molecular complexity index is 1340. The van der Waals surface area contributed by atoms with E-state index < -0.39 is 5.69 Å². The number of nitrogens with zero attached hydrogens (tertiary/aromatic N) is 5. The first-order valence-corrected chi connectivity index (χ1v) is 11.4. The van der Waals surface area contributed by atoms with Gasteiger partial charge in [0, 0.05) is 23.7 Å². The van der Waals surface area contributed by atoms with Gasteiger partial charge in [0.05, 0.1) is 12.2 Å². The SMILES string of the molecule is CCC(=O)NC1CCC(Nc2nc(=NC3CC3)n3ncc(=Cc4[nH]c(=O)[nH]c4O)c3n2)CC1. The third-order valence-corrected chi connectivity index (χ3v) is 6.00. The zero-order valence-corrected chi connectivity index (χ0v) is 18.3. The lowest BCUT2D eigenvalue weighted by atomic mass is 9.91. The molecule has 0 atom stereocenters. The number of fused-ring (bicyclic) bond motifs is 1. The number of rotatable bonds is 6. The minimum absolute atomic E-state index is 0.0887. The van der Waals surface area contributed by atoms with Crippen molar-refractivity contribution in [3.63, 3.8) is 0 Å². The molecule has 0 bridgehead atoms. The van der Waals surface area contributed by atoms with Crippen LogP contribution in [0.1, 0.15) is 57.6 Å². The molecule has 3 aromatic rings. The molecular weight excluding hydrogens is 426 g/mol. The molecule has 1 amide bonds. The molecule has 174 valence electrons. The number of hydrogen-bond acceptors (Lipinski definition) is 8. The number of nitrogens with one attached hydrogen (secondary N) is 4. The highest BCUT2D eigenvalue weighted by molar-refractivity contribution is 5.75. The van der Waals surface area contributed by atoms with Crippen molar-refractivity contribution in [2.45, 2.75) is 70.0 Å². The summed E-state index contributed by atoms with van der Waals surface area (Å²) in [4.78, 5) is 41.9. The van der Waals surface area contributed by atoms with E-state index >= 15 is 0 Å². The number of H-pyrrole nitrogens is 2. The van der Waals surface area contributed by atoms with Crippen LogP contribution < -0.4 is 27.2 Å². The van der Waals surface area contributed by atoms with Crippen LogP contribution in [0.4, 0.5) is 5.95 Å². The third-order valence-electron chi connectivity index (χ3n) is 6.00. The Morgan fingerprint density at radius 3 is 2.64 bits per heavy atom. The van der Waals surface area contributed by atoms with Crippen LogP contribution in [0.3, 0.4) is 0 Å². The molecule has 2 fully saturated rings. The largest absolute Gasteiger partial charge is 0.493 e. The zero-order chi connectivity index (χ0) is 22.9. The summed E-state index contributed by atoms with van der Waals surface area (Å²) < 4.78 is 1.58. The normalized spacial score (nSPS) is 22.1. The average molecular weight is 454 g/mol. The van der Waals surface area contributed by atoms with Crippen LogP contribution in [0.2, 0.25) is 0 Å². The predicted octanol–water partition coefficient (Wildman–Crippen LogP) is -0.294. The lowest BCUT2D eigenvalue weighted by Crippen LogP contribution is -2.40. The molecule has 0 aliphatic heterocycles. The summed E-state index contributed by atoms with van der Waals surface area (Å²) in [5.41, 5.74) is 0.746. The second-order valence-corrected chi connectivity index (χ2v) is 8.64. The Labute approximate surface area is 188 Å². The number of carbonyl (C=O) groups is 1. The van der Waals surface area contributed by atoms with Crippen molar-refractivity contribution < 1.29 is 9.90 Å². The molecule has 5 N–H and O–H groups in total. The summed E-state index contributed by atoms with van der Waals surface area (Å²) >= 11 is 0. The van der Waals surface area contributed by atoms with Gasteiger partial charge in [0.1, 0.15) is 5.69 Å². The van der Waals surface area contributed by atoms with Gasteiger partial charge < -0.3 is 20.7 Å². The summed E-state index contributed by atoms with van der Waals surface area (Å²) in [7, 11) is 0. The molecule has 0 aromatic carbocycles. The van der Waals surface area contributed by atoms with Crippen LogP contribution in [0.25, 0.3) is 11.7 Å². The number of hydrogen-bond donors (Lipinski definition) is 5. The Kier molecular flexibility index (Phi) is 5.56. The fourth-order valence-corrected chi connectivity index (χ4v) is 4.04. The van der Waals surface area contributed by atoms with Crippen LogP contribution in [0.5, 0.6) is 5.88 Å². The van der Waals surface area contributed by atoms with Crippen molar-refractivity contribution in [2.75, 3.05) is 5.32 Å². The van der Waals surface area contributed by atoms with Crippen LogP contribution in [-0.2, 0) is 4.79 Å². The minimum Gasteiger partial charge on any atom is -0.493 e. The van der Waals surface area contributed by atoms with E-state index in [1.807, 2.05) is 6.92 Å². The molecule has 33 heavy (non-hydrogen) atoms. The highest BCUT2D eigenvalue weighted by atomic mass is 16.3. The molecule has 12 nitrogen and oxygen atoms in total. The number of imidazole rings is 1. The maximum absolute atomic E-state index is 11.7. The van der Waals surface area contributed by atoms with Gasteiger partial charge in [-0.15, -0.1) is 0 Å². The van der Waals surface area contributed by atoms with E-state index in [9.17, 15) is 14.7 Å². The maximum Gasteiger partial charge on any atom is 0.326 e. The fraction of sp³-hybridized carbons (Fsp3) is 0.524. The van der Waals surface area contributed by atoms with Crippen LogP contribution in [0, 0.1) is 0 Å². The molecule has 3 heterocycles. The van der Waals surface area contributed by atoms with Gasteiger partial charge in [0.25, 0.3) is 5.62 Å². The Balaban J connectivity index is 1.44. The van der Waals surface area contributed by atoms with Crippen LogP contribution >= 0.6 is 0 Å². The van der Waals surface area contributed by atoms with Crippen molar-refractivity contribution in [2.24, 2.45) is 4.99 Å². The highest BCUT2D eigenvalue weighted by Crippen LogP contribution is 2.23. The van der Waals surface area contributed by atoms with E-state index in [4.69, 9.17) is 0 Å². The monoisotopic (exact) mass is 453 g/mol. The number of aromatic nitrogens is 6. The molecule has 12 heteroatoms. The first-order chi connectivity index (χ1) is 16.0. The van der Waals surface area contributed by atoms with Crippen molar-refractivity contribution in [1.29, 1.82) is 0 Å². The van der Waals surface area contributed by atoms with Gasteiger partial charge in [0.15, 0.2) is 5.65 Å². The number of aromatic amines is 2. The first kappa shape index (κ1) is 21.2. The summed E-state index contributed by atoms with van der Waals surface area (Å²) in [5, 5.41) is 21.4. The third kappa shape index (κ3) is 4.73. The van der Waals surface area contributed by atoms with E-state index in [2.05, 4.69) is 40.7 Å². The number of amides is 1. The first-order valence-electron chi connectivity index (χ1n) is 11.4. The van der Waals surface area contributed by atoms with E-state index in [-0.39, 0.29) is 35.6 Å². The summed E-state index contributed by atoms with van der Waals surface area (Å²) in [6, 6.07) is 0.651. The highest BCUT2D eigenvalue weighted by Gasteiger charge is 2.24. The average Bonchev–Trinajstić information content (AvgIpc) is 3.43. The molecule has 0 saturated heterocycles. The van der Waals surface area contributed by atoms with Crippen LogP contribution in [-0.4, -0.2) is 58.7 Å². The van der Waals surface area contributed by atoms with Crippen molar-refractivity contribution in [3.8, 4) is 5.88 Å². The molecule has 0 spiro atoms. The van der Waals surface area contributed by atoms with Crippen LogP contribution in [0.15, 0.2) is 16.0 Å². The molecule has 2 aliphatic carbocycles. The van der Waals surface area contributed by atoms with Gasteiger partial charge in [-0.3, -0.25) is 9.78 Å². The molecule has 0 unspecified atom stereocenters.